The van der Waals surface area contributed by atoms with Gasteiger partial charge in [-0.15, -0.1) is 0 Å². The highest BCUT2D eigenvalue weighted by atomic mass is 32.2. The summed E-state index contributed by atoms with van der Waals surface area (Å²) in [5.41, 5.74) is 9.38. The third-order valence-electron chi connectivity index (χ3n) is 6.53. The fourth-order valence-corrected chi connectivity index (χ4v) is 5.80. The molecule has 0 fully saturated rings. The van der Waals surface area contributed by atoms with Gasteiger partial charge in [0.05, 0.1) is 40.0 Å². The van der Waals surface area contributed by atoms with Crippen LogP contribution in [0.15, 0.2) is 86.8 Å². The van der Waals surface area contributed by atoms with E-state index in [9.17, 15) is 30.7 Å². The maximum Gasteiger partial charge on any atom is 0.294 e. The van der Waals surface area contributed by atoms with Crippen LogP contribution in [0.3, 0.4) is 0 Å². The molecule has 1 aliphatic carbocycles. The van der Waals surface area contributed by atoms with Gasteiger partial charge in [0.15, 0.2) is 0 Å². The highest BCUT2D eigenvalue weighted by Crippen LogP contribution is 2.33. The van der Waals surface area contributed by atoms with Gasteiger partial charge >= 0.3 is 0 Å². The SMILES string of the molecule is COc1cc(N=Nc2ccc(C(=O)NC3C=C(C)c4cc(S(=O)(=O)O)cc(S(=O)(=O)O)c4C/C=C/3)cc2)c(C)cc1N. The number of nitrogens with zero attached hydrogens (tertiary/aromatic N) is 2. The molecule has 0 aromatic heterocycles. The number of fused-ring (bicyclic) bond motifs is 1. The van der Waals surface area contributed by atoms with Crippen molar-refractivity contribution in [2.24, 2.45) is 10.2 Å². The molecule has 3 aromatic carbocycles. The minimum absolute atomic E-state index is 0.00677. The van der Waals surface area contributed by atoms with Gasteiger partial charge < -0.3 is 15.8 Å². The van der Waals surface area contributed by atoms with Gasteiger partial charge in [0.1, 0.15) is 5.75 Å². The van der Waals surface area contributed by atoms with Crippen molar-refractivity contribution in [2.75, 3.05) is 12.8 Å². The van der Waals surface area contributed by atoms with Crippen molar-refractivity contribution in [3.05, 3.63) is 89.0 Å². The molecule has 1 unspecified atom stereocenters. The zero-order valence-electron chi connectivity index (χ0n) is 22.8. The van der Waals surface area contributed by atoms with Gasteiger partial charge in [0.2, 0.25) is 0 Å². The number of azo groups is 1. The Morgan fingerprint density at radius 2 is 1.69 bits per heavy atom. The van der Waals surface area contributed by atoms with Crippen LogP contribution in [0.5, 0.6) is 5.75 Å². The number of benzene rings is 3. The molecular formula is C28H28N4O8S2. The summed E-state index contributed by atoms with van der Waals surface area (Å²) in [6.07, 6.45) is 4.83. The van der Waals surface area contributed by atoms with E-state index in [-0.39, 0.29) is 17.5 Å². The molecule has 1 amide bonds. The molecule has 12 nitrogen and oxygen atoms in total. The molecule has 4 rings (SSSR count). The Hall–Kier alpha value is -4.37. The predicted molar refractivity (Wildman–Crippen MR) is 157 cm³/mol. The molecule has 14 heteroatoms. The predicted octanol–water partition coefficient (Wildman–Crippen LogP) is 4.81. The summed E-state index contributed by atoms with van der Waals surface area (Å²) in [5.74, 6) is 0.0674. The van der Waals surface area contributed by atoms with Crippen LogP contribution in [0.1, 0.15) is 34.0 Å². The first kappa shape index (κ1) is 30.6. The van der Waals surface area contributed by atoms with Gasteiger partial charge in [0, 0.05) is 11.6 Å². The number of aryl methyl sites for hydroxylation is 1. The lowest BCUT2D eigenvalue weighted by atomic mass is 9.94. The van der Waals surface area contributed by atoms with Crippen LogP contribution in [-0.2, 0) is 26.7 Å². The summed E-state index contributed by atoms with van der Waals surface area (Å²) in [5, 5.41) is 11.3. The van der Waals surface area contributed by atoms with Crippen LogP contribution >= 0.6 is 0 Å². The van der Waals surface area contributed by atoms with Crippen molar-refractivity contribution in [1.82, 2.24) is 5.32 Å². The molecule has 0 saturated carbocycles. The highest BCUT2D eigenvalue weighted by molar-refractivity contribution is 7.86. The summed E-state index contributed by atoms with van der Waals surface area (Å²) < 4.78 is 72.0. The van der Waals surface area contributed by atoms with Gasteiger partial charge in [-0.2, -0.15) is 27.1 Å². The molecule has 0 heterocycles. The first-order valence-electron chi connectivity index (χ1n) is 12.4. The van der Waals surface area contributed by atoms with E-state index in [2.05, 4.69) is 15.5 Å². The van der Waals surface area contributed by atoms with E-state index in [0.717, 1.165) is 11.6 Å². The van der Waals surface area contributed by atoms with E-state index in [1.807, 2.05) is 6.92 Å². The normalized spacial score (nSPS) is 16.2. The smallest absolute Gasteiger partial charge is 0.294 e. The zero-order valence-corrected chi connectivity index (χ0v) is 24.4. The zero-order chi connectivity index (χ0) is 30.8. The first-order valence-corrected chi connectivity index (χ1v) is 15.3. The second kappa shape index (κ2) is 11.9. The Balaban J connectivity index is 1.56. The Bertz CT molecular complexity index is 1860. The van der Waals surface area contributed by atoms with E-state index in [1.54, 1.807) is 61.5 Å². The third kappa shape index (κ3) is 6.91. The number of carbonyl (C=O) groups excluding carboxylic acids is 1. The lowest BCUT2D eigenvalue weighted by Crippen LogP contribution is -2.32. The average molecular weight is 613 g/mol. The van der Waals surface area contributed by atoms with Crippen LogP contribution in [-0.4, -0.2) is 45.0 Å². The van der Waals surface area contributed by atoms with E-state index in [0.29, 0.717) is 40.0 Å². The van der Waals surface area contributed by atoms with Gasteiger partial charge in [-0.25, -0.2) is 0 Å². The molecule has 0 bridgehead atoms. The number of hydrogen-bond acceptors (Lipinski definition) is 9. The molecule has 1 aliphatic rings. The number of carbonyl (C=O) groups is 1. The van der Waals surface area contributed by atoms with Crippen molar-refractivity contribution in [1.29, 1.82) is 0 Å². The molecule has 220 valence electrons. The number of nitrogens with two attached hydrogens (primary N) is 1. The fourth-order valence-electron chi connectivity index (χ4n) is 4.41. The molecule has 1 atom stereocenters. The molecular weight excluding hydrogens is 584 g/mol. The minimum atomic E-state index is -4.81. The summed E-state index contributed by atoms with van der Waals surface area (Å²) in [6, 6.07) is 11.0. The highest BCUT2D eigenvalue weighted by Gasteiger charge is 2.25. The maximum absolute atomic E-state index is 13.0. The second-order valence-corrected chi connectivity index (χ2v) is 12.3. The lowest BCUT2D eigenvalue weighted by Gasteiger charge is -2.19. The summed E-state index contributed by atoms with van der Waals surface area (Å²) >= 11 is 0. The van der Waals surface area contributed by atoms with Crippen molar-refractivity contribution in [3.63, 3.8) is 0 Å². The third-order valence-corrected chi connectivity index (χ3v) is 8.28. The van der Waals surface area contributed by atoms with Crippen molar-refractivity contribution in [3.8, 4) is 5.75 Å². The number of allylic oxidation sites excluding steroid dienone is 2. The largest absolute Gasteiger partial charge is 0.495 e. The van der Waals surface area contributed by atoms with Crippen molar-refractivity contribution < 1.29 is 35.5 Å². The summed E-state index contributed by atoms with van der Waals surface area (Å²) in [7, 11) is -8.08. The van der Waals surface area contributed by atoms with Gasteiger partial charge in [0.25, 0.3) is 26.1 Å². The number of amides is 1. The van der Waals surface area contributed by atoms with E-state index >= 15 is 0 Å². The Morgan fingerprint density at radius 1 is 1.00 bits per heavy atom. The monoisotopic (exact) mass is 612 g/mol. The number of nitrogens with one attached hydrogen (secondary N) is 1. The first-order chi connectivity index (χ1) is 19.7. The number of anilines is 1. The quantitative estimate of drug-likeness (QED) is 0.125. The summed E-state index contributed by atoms with van der Waals surface area (Å²) in [4.78, 5) is 11.7. The maximum atomic E-state index is 13.0. The molecule has 5 N–H and O–H groups in total. The van der Waals surface area contributed by atoms with Crippen LogP contribution < -0.4 is 15.8 Å². The lowest BCUT2D eigenvalue weighted by molar-refractivity contribution is 0.0950. The average Bonchev–Trinajstić information content (AvgIpc) is 2.90. The molecule has 42 heavy (non-hydrogen) atoms. The second-order valence-electron chi connectivity index (χ2n) is 9.51. The Morgan fingerprint density at radius 3 is 2.31 bits per heavy atom. The summed E-state index contributed by atoms with van der Waals surface area (Å²) in [6.45, 7) is 3.44. The fraction of sp³-hybridized carbons (Fsp3) is 0.179. The van der Waals surface area contributed by atoms with Crippen LogP contribution in [0.2, 0.25) is 0 Å². The van der Waals surface area contributed by atoms with Gasteiger partial charge in [-0.1, -0.05) is 18.2 Å². The molecule has 0 radical (unpaired) electrons. The minimum Gasteiger partial charge on any atom is -0.495 e. The molecule has 3 aromatic rings. The number of nitrogen functional groups attached to an aromatic ring is 1. The topological polar surface area (TPSA) is 198 Å². The van der Waals surface area contributed by atoms with Crippen molar-refractivity contribution >= 4 is 48.8 Å². The number of methoxy groups -OCH3 is 1. The van der Waals surface area contributed by atoms with Gasteiger partial charge in [-0.05, 0) is 85.0 Å². The molecule has 0 aliphatic heterocycles. The van der Waals surface area contributed by atoms with E-state index in [4.69, 9.17) is 10.5 Å². The van der Waals surface area contributed by atoms with Crippen LogP contribution in [0, 0.1) is 6.92 Å². The Labute approximate surface area is 243 Å². The Kier molecular flexibility index (Phi) is 8.63. The number of hydrogen-bond donors (Lipinski definition) is 4. The van der Waals surface area contributed by atoms with Crippen LogP contribution in [0.25, 0.3) is 5.57 Å². The molecule has 0 spiro atoms. The van der Waals surface area contributed by atoms with Crippen LogP contribution in [0.4, 0.5) is 17.1 Å². The van der Waals surface area contributed by atoms with Crippen molar-refractivity contribution in [2.45, 2.75) is 36.1 Å². The standard InChI is InChI=1S/C28H28N4O8S2/c1-16-11-20(5-4-6-22-23(16)13-21(41(34,35)36)14-27(22)42(37,38)39)30-28(33)18-7-9-19(10-8-18)31-32-25-15-26(40-3)24(29)12-17(25)2/h4-5,7-15,20H,6,29H2,1-3H3,(H,30,33)(H,34,35,36)(H,37,38,39)/b5-4+,16-11?,32-31?. The molecule has 0 saturated heterocycles. The number of ether oxygens (including phenoxy) is 1. The van der Waals surface area contributed by atoms with E-state index in [1.165, 1.54) is 7.11 Å². The van der Waals surface area contributed by atoms with E-state index < -0.39 is 42.0 Å². The number of rotatable bonds is 7. The van der Waals surface area contributed by atoms with Gasteiger partial charge in [-0.3, -0.25) is 13.9 Å².